The average Bonchev–Trinajstić information content (AvgIpc) is 3.00. The van der Waals surface area contributed by atoms with Crippen LogP contribution in [0.2, 0.25) is 0 Å². The smallest absolute Gasteiger partial charge is 0.329 e. The highest BCUT2D eigenvalue weighted by Gasteiger charge is 2.35. The number of alkyl halides is 3. The van der Waals surface area contributed by atoms with Gasteiger partial charge in [-0.05, 0) is 31.2 Å². The van der Waals surface area contributed by atoms with E-state index in [9.17, 15) is 21.6 Å². The highest BCUT2D eigenvalue weighted by Crippen LogP contribution is 2.33. The molecule has 0 saturated carbocycles. The maximum absolute atomic E-state index is 13.0. The van der Waals surface area contributed by atoms with E-state index in [1.165, 1.54) is 6.07 Å². The molecule has 0 fully saturated rings. The van der Waals surface area contributed by atoms with Crippen LogP contribution in [0, 0.1) is 0 Å². The first-order valence-corrected chi connectivity index (χ1v) is 10.3. The van der Waals surface area contributed by atoms with Crippen molar-refractivity contribution >= 4 is 26.8 Å². The summed E-state index contributed by atoms with van der Waals surface area (Å²) in [6.07, 6.45) is -2.32. The molecule has 1 atom stereocenters. The van der Waals surface area contributed by atoms with Gasteiger partial charge in [0.25, 0.3) is 0 Å². The molecule has 3 aromatic rings. The third-order valence-electron chi connectivity index (χ3n) is 4.77. The SMILES string of the molecule is CC1c2nc3ccc(S(C)(=O)=O)cc3n2CCN1c1nccc(C(F)(F)F)n1. The molecule has 0 N–H and O–H groups in total. The number of aromatic nitrogens is 4. The summed E-state index contributed by atoms with van der Waals surface area (Å²) >= 11 is 0. The van der Waals surface area contributed by atoms with Crippen molar-refractivity contribution in [2.75, 3.05) is 17.7 Å². The van der Waals surface area contributed by atoms with Gasteiger partial charge < -0.3 is 9.47 Å². The average molecular weight is 411 g/mol. The van der Waals surface area contributed by atoms with Gasteiger partial charge in [-0.3, -0.25) is 0 Å². The lowest BCUT2D eigenvalue weighted by Crippen LogP contribution is -2.38. The second kappa shape index (κ2) is 6.16. The fourth-order valence-electron chi connectivity index (χ4n) is 3.36. The van der Waals surface area contributed by atoms with E-state index in [1.807, 2.05) is 4.57 Å². The van der Waals surface area contributed by atoms with Gasteiger partial charge in [0.15, 0.2) is 9.84 Å². The Kier molecular flexibility index (Phi) is 4.11. The summed E-state index contributed by atoms with van der Waals surface area (Å²) in [5, 5.41) is 0. The van der Waals surface area contributed by atoms with Crippen LogP contribution < -0.4 is 4.90 Å². The van der Waals surface area contributed by atoms with Gasteiger partial charge in [-0.2, -0.15) is 13.2 Å². The second-order valence-electron chi connectivity index (χ2n) is 6.65. The first kappa shape index (κ1) is 18.7. The molecule has 0 radical (unpaired) electrons. The largest absolute Gasteiger partial charge is 0.433 e. The Balaban J connectivity index is 1.76. The molecule has 1 aromatic carbocycles. The van der Waals surface area contributed by atoms with Gasteiger partial charge in [0.1, 0.15) is 11.5 Å². The predicted octanol–water partition coefficient (Wildman–Crippen LogP) is 2.83. The van der Waals surface area contributed by atoms with Crippen LogP contribution in [-0.2, 0) is 22.6 Å². The fraction of sp³-hybridized carbons (Fsp3) is 0.353. The molecule has 0 aliphatic carbocycles. The monoisotopic (exact) mass is 411 g/mol. The van der Waals surface area contributed by atoms with E-state index in [1.54, 1.807) is 24.0 Å². The van der Waals surface area contributed by atoms with Crippen molar-refractivity contribution < 1.29 is 21.6 Å². The quantitative estimate of drug-likeness (QED) is 0.645. The van der Waals surface area contributed by atoms with E-state index >= 15 is 0 Å². The molecule has 0 amide bonds. The minimum atomic E-state index is -4.55. The Morgan fingerprint density at radius 3 is 2.57 bits per heavy atom. The molecule has 1 aliphatic rings. The second-order valence-corrected chi connectivity index (χ2v) is 8.67. The zero-order valence-corrected chi connectivity index (χ0v) is 15.8. The normalized spacial score (nSPS) is 17.8. The third-order valence-corrected chi connectivity index (χ3v) is 5.88. The fourth-order valence-corrected chi connectivity index (χ4v) is 4.01. The minimum Gasteiger partial charge on any atom is -0.329 e. The van der Waals surface area contributed by atoms with Crippen molar-refractivity contribution in [1.82, 2.24) is 19.5 Å². The molecule has 28 heavy (non-hydrogen) atoms. The number of hydrogen-bond donors (Lipinski definition) is 0. The number of nitrogens with zero attached hydrogens (tertiary/aromatic N) is 5. The maximum Gasteiger partial charge on any atom is 0.433 e. The van der Waals surface area contributed by atoms with Gasteiger partial charge >= 0.3 is 6.18 Å². The number of hydrogen-bond acceptors (Lipinski definition) is 6. The summed E-state index contributed by atoms with van der Waals surface area (Å²) in [7, 11) is -3.36. The number of halogens is 3. The number of fused-ring (bicyclic) bond motifs is 3. The number of rotatable bonds is 2. The Labute approximate surface area is 158 Å². The maximum atomic E-state index is 13.0. The highest BCUT2D eigenvalue weighted by molar-refractivity contribution is 7.90. The van der Waals surface area contributed by atoms with E-state index in [0.29, 0.717) is 29.9 Å². The Morgan fingerprint density at radius 2 is 1.89 bits per heavy atom. The first-order chi connectivity index (χ1) is 13.1. The van der Waals surface area contributed by atoms with Crippen molar-refractivity contribution in [2.45, 2.75) is 30.6 Å². The van der Waals surface area contributed by atoms with Gasteiger partial charge in [0.05, 0.1) is 22.0 Å². The minimum absolute atomic E-state index is 0.0162. The van der Waals surface area contributed by atoms with Crippen molar-refractivity contribution in [3.8, 4) is 0 Å². The van der Waals surface area contributed by atoms with E-state index in [4.69, 9.17) is 0 Å². The molecule has 0 spiro atoms. The van der Waals surface area contributed by atoms with E-state index < -0.39 is 21.7 Å². The molecule has 7 nitrogen and oxygen atoms in total. The van der Waals surface area contributed by atoms with Crippen LogP contribution in [0.4, 0.5) is 19.1 Å². The van der Waals surface area contributed by atoms with Crippen molar-refractivity contribution in [2.24, 2.45) is 0 Å². The first-order valence-electron chi connectivity index (χ1n) is 8.43. The molecule has 0 bridgehead atoms. The molecular weight excluding hydrogens is 395 g/mol. The lowest BCUT2D eigenvalue weighted by molar-refractivity contribution is -0.141. The summed E-state index contributed by atoms with van der Waals surface area (Å²) in [5.74, 6) is 0.602. The number of imidazole rings is 1. The van der Waals surface area contributed by atoms with Crippen LogP contribution in [0.5, 0.6) is 0 Å². The highest BCUT2D eigenvalue weighted by atomic mass is 32.2. The molecule has 0 saturated heterocycles. The van der Waals surface area contributed by atoms with Crippen LogP contribution in [0.25, 0.3) is 11.0 Å². The summed E-state index contributed by atoms with van der Waals surface area (Å²) in [5.41, 5.74) is 0.303. The lowest BCUT2D eigenvalue weighted by atomic mass is 10.2. The van der Waals surface area contributed by atoms with Crippen molar-refractivity contribution in [3.05, 3.63) is 42.0 Å². The van der Waals surface area contributed by atoms with Gasteiger partial charge in [-0.1, -0.05) is 0 Å². The van der Waals surface area contributed by atoms with Crippen molar-refractivity contribution in [3.63, 3.8) is 0 Å². The van der Waals surface area contributed by atoms with E-state index in [-0.39, 0.29) is 16.9 Å². The lowest BCUT2D eigenvalue weighted by Gasteiger charge is -2.34. The van der Waals surface area contributed by atoms with Crippen molar-refractivity contribution in [1.29, 1.82) is 0 Å². The van der Waals surface area contributed by atoms with Gasteiger partial charge in [0, 0.05) is 25.5 Å². The summed E-state index contributed by atoms with van der Waals surface area (Å²) < 4.78 is 64.5. The number of sulfone groups is 1. The van der Waals surface area contributed by atoms with Crippen LogP contribution in [0.15, 0.2) is 35.4 Å². The Morgan fingerprint density at radius 1 is 1.14 bits per heavy atom. The van der Waals surface area contributed by atoms with Crippen LogP contribution in [0.1, 0.15) is 24.5 Å². The summed E-state index contributed by atoms with van der Waals surface area (Å²) in [4.78, 5) is 14.1. The molecule has 3 heterocycles. The molecule has 1 unspecified atom stereocenters. The van der Waals surface area contributed by atoms with E-state index in [2.05, 4.69) is 15.0 Å². The molecule has 1 aliphatic heterocycles. The predicted molar refractivity (Wildman–Crippen MR) is 95.6 cm³/mol. The third kappa shape index (κ3) is 3.09. The molecule has 11 heteroatoms. The Bertz CT molecular complexity index is 1170. The standard InChI is InChI=1S/C17H16F3N5O2S/c1-10-15-22-12-4-3-11(28(2,26)27)9-13(12)25(15)8-7-24(10)16-21-6-5-14(23-16)17(18,19)20/h3-6,9-10H,7-8H2,1-2H3. The number of anilines is 1. The van der Waals surface area contributed by atoms with Gasteiger partial charge in [-0.15, -0.1) is 0 Å². The van der Waals surface area contributed by atoms with Gasteiger partial charge in [0.2, 0.25) is 5.95 Å². The Hall–Kier alpha value is -2.69. The topological polar surface area (TPSA) is 81.0 Å². The zero-order valence-electron chi connectivity index (χ0n) is 15.0. The van der Waals surface area contributed by atoms with Gasteiger partial charge in [-0.25, -0.2) is 23.4 Å². The van der Waals surface area contributed by atoms with E-state index in [0.717, 1.165) is 18.5 Å². The van der Waals surface area contributed by atoms with Crippen LogP contribution in [0.3, 0.4) is 0 Å². The van der Waals surface area contributed by atoms with Crippen LogP contribution >= 0.6 is 0 Å². The molecular formula is C17H16F3N5O2S. The summed E-state index contributed by atoms with van der Waals surface area (Å²) in [6.45, 7) is 2.59. The molecule has 148 valence electrons. The van der Waals surface area contributed by atoms with Crippen LogP contribution in [-0.4, -0.2) is 40.7 Å². The molecule has 2 aromatic heterocycles. The number of benzene rings is 1. The summed E-state index contributed by atoms with van der Waals surface area (Å²) in [6, 6.07) is 5.15. The zero-order chi connectivity index (χ0) is 20.3. The molecule has 4 rings (SSSR count).